The van der Waals surface area contributed by atoms with Gasteiger partial charge in [-0.2, -0.15) is 0 Å². The highest BCUT2D eigenvalue weighted by atomic mass is 32.2. The molecule has 2 N–H and O–H groups in total. The van der Waals surface area contributed by atoms with Gasteiger partial charge < -0.3 is 5.11 Å². The highest BCUT2D eigenvalue weighted by molar-refractivity contribution is 7.89. The van der Waals surface area contributed by atoms with Crippen molar-refractivity contribution in [3.63, 3.8) is 0 Å². The zero-order valence-corrected chi connectivity index (χ0v) is 13.0. The van der Waals surface area contributed by atoms with Crippen LogP contribution in [0.1, 0.15) is 48.7 Å². The third-order valence-corrected chi connectivity index (χ3v) is 6.30. The Morgan fingerprint density at radius 3 is 2.70 bits per heavy atom. The van der Waals surface area contributed by atoms with Gasteiger partial charge in [0.15, 0.2) is 0 Å². The lowest BCUT2D eigenvalue weighted by Gasteiger charge is -2.22. The van der Waals surface area contributed by atoms with E-state index in [1.165, 1.54) is 11.4 Å². The van der Waals surface area contributed by atoms with E-state index in [0.29, 0.717) is 5.92 Å². The number of aromatic carboxylic acids is 1. The van der Waals surface area contributed by atoms with Crippen molar-refractivity contribution in [2.75, 3.05) is 0 Å². The van der Waals surface area contributed by atoms with Crippen LogP contribution in [0.5, 0.6) is 0 Å². The van der Waals surface area contributed by atoms with E-state index in [-0.39, 0.29) is 15.8 Å². The molecule has 20 heavy (non-hydrogen) atoms. The summed E-state index contributed by atoms with van der Waals surface area (Å²) in [6, 6.07) is 1.16. The summed E-state index contributed by atoms with van der Waals surface area (Å²) in [6.45, 7) is 2.06. The maximum absolute atomic E-state index is 12.3. The van der Waals surface area contributed by atoms with Gasteiger partial charge in [-0.15, -0.1) is 11.3 Å². The van der Waals surface area contributed by atoms with Gasteiger partial charge in [-0.1, -0.05) is 26.2 Å². The first-order valence-corrected chi connectivity index (χ1v) is 9.10. The largest absolute Gasteiger partial charge is 0.477 e. The molecule has 0 bridgehead atoms. The second-order valence-corrected chi connectivity index (χ2v) is 7.92. The lowest BCUT2D eigenvalue weighted by Crippen LogP contribution is -2.38. The lowest BCUT2D eigenvalue weighted by atomic mass is 9.98. The fourth-order valence-electron chi connectivity index (χ4n) is 2.51. The number of hydrogen-bond acceptors (Lipinski definition) is 4. The molecule has 1 aliphatic carbocycles. The van der Waals surface area contributed by atoms with Crippen molar-refractivity contribution in [2.24, 2.45) is 5.92 Å². The van der Waals surface area contributed by atoms with Gasteiger partial charge in [-0.05, 0) is 24.8 Å². The minimum Gasteiger partial charge on any atom is -0.477 e. The van der Waals surface area contributed by atoms with Crippen LogP contribution in [0, 0.1) is 5.92 Å². The standard InChI is InChI=1S/C13H19NO4S2/c1-9-5-3-2-4-6-11(9)14-20(17,18)10-7-12(13(15)16)19-8-10/h7-9,11,14H,2-6H2,1H3,(H,15,16). The number of carboxylic acids is 1. The van der Waals surface area contributed by atoms with Gasteiger partial charge in [0.25, 0.3) is 0 Å². The number of sulfonamides is 1. The van der Waals surface area contributed by atoms with Gasteiger partial charge in [-0.3, -0.25) is 0 Å². The van der Waals surface area contributed by atoms with Crippen LogP contribution in [-0.2, 0) is 10.0 Å². The maximum atomic E-state index is 12.3. The smallest absolute Gasteiger partial charge is 0.345 e. The van der Waals surface area contributed by atoms with Gasteiger partial charge >= 0.3 is 5.97 Å². The molecule has 0 amide bonds. The summed E-state index contributed by atoms with van der Waals surface area (Å²) in [6.07, 6.45) is 5.18. The van der Waals surface area contributed by atoms with Crippen molar-refractivity contribution in [2.45, 2.75) is 50.0 Å². The lowest BCUT2D eigenvalue weighted by molar-refractivity contribution is 0.0702. The molecule has 0 aliphatic heterocycles. The van der Waals surface area contributed by atoms with Gasteiger partial charge in [0.2, 0.25) is 10.0 Å². The Balaban J connectivity index is 2.15. The normalized spacial score (nSPS) is 24.2. The Morgan fingerprint density at radius 1 is 1.35 bits per heavy atom. The van der Waals surface area contributed by atoms with E-state index in [2.05, 4.69) is 11.6 Å². The fourth-order valence-corrected chi connectivity index (χ4v) is 5.00. The number of hydrogen-bond donors (Lipinski definition) is 2. The average molecular weight is 317 g/mol. The molecule has 7 heteroatoms. The van der Waals surface area contributed by atoms with Crippen LogP contribution < -0.4 is 4.72 Å². The molecule has 2 rings (SSSR count). The molecule has 2 unspecified atom stereocenters. The van der Waals surface area contributed by atoms with Crippen LogP contribution in [-0.4, -0.2) is 25.5 Å². The van der Waals surface area contributed by atoms with E-state index < -0.39 is 16.0 Å². The number of carboxylic acid groups (broad SMARTS) is 1. The summed E-state index contributed by atoms with van der Waals surface area (Å²) in [7, 11) is -3.62. The third kappa shape index (κ3) is 3.59. The van der Waals surface area contributed by atoms with E-state index in [1.54, 1.807) is 0 Å². The Bertz CT molecular complexity index is 579. The van der Waals surface area contributed by atoms with Crippen molar-refractivity contribution in [1.29, 1.82) is 0 Å². The fraction of sp³-hybridized carbons (Fsp3) is 0.615. The van der Waals surface area contributed by atoms with Crippen LogP contribution in [0.2, 0.25) is 0 Å². The molecule has 1 aliphatic rings. The summed E-state index contributed by atoms with van der Waals surface area (Å²) < 4.78 is 27.3. The van der Waals surface area contributed by atoms with Gasteiger partial charge in [-0.25, -0.2) is 17.9 Å². The van der Waals surface area contributed by atoms with Crippen LogP contribution >= 0.6 is 11.3 Å². The summed E-state index contributed by atoms with van der Waals surface area (Å²) in [5, 5.41) is 10.2. The monoisotopic (exact) mass is 317 g/mol. The molecular weight excluding hydrogens is 298 g/mol. The molecule has 0 saturated heterocycles. The Kier molecular flexibility index (Phi) is 4.82. The first kappa shape index (κ1) is 15.5. The molecule has 1 aromatic rings. The van der Waals surface area contributed by atoms with Crippen LogP contribution in [0.3, 0.4) is 0 Å². The molecule has 0 aromatic carbocycles. The summed E-state index contributed by atoms with van der Waals surface area (Å²) in [4.78, 5) is 10.9. The molecule has 0 radical (unpaired) electrons. The maximum Gasteiger partial charge on any atom is 0.345 e. The SMILES string of the molecule is CC1CCCCCC1NS(=O)(=O)c1csc(C(=O)O)c1. The number of carbonyl (C=O) groups is 1. The number of nitrogens with one attached hydrogen (secondary N) is 1. The molecule has 1 saturated carbocycles. The molecule has 1 aromatic heterocycles. The van der Waals surface area contributed by atoms with Crippen molar-refractivity contribution >= 4 is 27.3 Å². The van der Waals surface area contributed by atoms with Gasteiger partial charge in [0, 0.05) is 11.4 Å². The zero-order valence-electron chi connectivity index (χ0n) is 11.3. The number of thiophene rings is 1. The molecule has 5 nitrogen and oxygen atoms in total. The topological polar surface area (TPSA) is 83.5 Å². The second-order valence-electron chi connectivity index (χ2n) is 5.29. The predicted octanol–water partition coefficient (Wildman–Crippen LogP) is 2.69. The second kappa shape index (κ2) is 6.24. The Morgan fingerprint density at radius 2 is 2.05 bits per heavy atom. The van der Waals surface area contributed by atoms with E-state index in [0.717, 1.165) is 43.4 Å². The highest BCUT2D eigenvalue weighted by Crippen LogP contribution is 2.25. The zero-order chi connectivity index (χ0) is 14.8. The van der Waals surface area contributed by atoms with E-state index >= 15 is 0 Å². The molecule has 112 valence electrons. The summed E-state index contributed by atoms with van der Waals surface area (Å²) in [5.74, 6) is -0.788. The average Bonchev–Trinajstić information content (AvgIpc) is 2.79. The van der Waals surface area contributed by atoms with Gasteiger partial charge in [0.05, 0.1) is 4.90 Å². The molecule has 0 spiro atoms. The van der Waals surface area contributed by atoms with Gasteiger partial charge in [0.1, 0.15) is 4.88 Å². The van der Waals surface area contributed by atoms with Crippen LogP contribution in [0.25, 0.3) is 0 Å². The van der Waals surface area contributed by atoms with Crippen LogP contribution in [0.15, 0.2) is 16.3 Å². The predicted molar refractivity (Wildman–Crippen MR) is 77.6 cm³/mol. The van der Waals surface area contributed by atoms with Crippen molar-refractivity contribution in [1.82, 2.24) is 4.72 Å². The van der Waals surface area contributed by atoms with Crippen molar-refractivity contribution < 1.29 is 18.3 Å². The third-order valence-electron chi connectivity index (χ3n) is 3.76. The molecule has 1 heterocycles. The highest BCUT2D eigenvalue weighted by Gasteiger charge is 2.26. The first-order valence-electron chi connectivity index (χ1n) is 6.74. The van der Waals surface area contributed by atoms with E-state index in [9.17, 15) is 13.2 Å². The van der Waals surface area contributed by atoms with E-state index in [4.69, 9.17) is 5.11 Å². The van der Waals surface area contributed by atoms with E-state index in [1.807, 2.05) is 0 Å². The number of rotatable bonds is 4. The van der Waals surface area contributed by atoms with Crippen molar-refractivity contribution in [3.8, 4) is 0 Å². The molecule has 2 atom stereocenters. The van der Waals surface area contributed by atoms with Crippen molar-refractivity contribution in [3.05, 3.63) is 16.3 Å². The summed E-state index contributed by atoms with van der Waals surface area (Å²) in [5.41, 5.74) is 0. The summed E-state index contributed by atoms with van der Waals surface area (Å²) >= 11 is 0.933. The van der Waals surface area contributed by atoms with Crippen LogP contribution in [0.4, 0.5) is 0 Å². The Labute approximate surface area is 123 Å². The minimum atomic E-state index is -3.62. The Hall–Kier alpha value is -0.920. The first-order chi connectivity index (χ1) is 9.40. The molecular formula is C13H19NO4S2. The quantitative estimate of drug-likeness (QED) is 0.836. The minimum absolute atomic E-state index is 0.0410. The molecule has 1 fully saturated rings.